The first kappa shape index (κ1) is 13.5. The number of nitrogens with two attached hydrogens (primary N) is 1. The molecule has 2 aromatic rings. The van der Waals surface area contributed by atoms with Crippen LogP contribution in [0.1, 0.15) is 11.1 Å². The third-order valence-corrected chi connectivity index (χ3v) is 2.36. The lowest BCUT2D eigenvalue weighted by molar-refractivity contribution is 0.994. The molecule has 0 radical (unpaired) electrons. The molecule has 0 fully saturated rings. The summed E-state index contributed by atoms with van der Waals surface area (Å²) in [4.78, 5) is 0. The molecule has 0 heterocycles. The minimum atomic E-state index is 0.129. The maximum Gasteiger partial charge on any atom is 0.234 e. The number of hydrogen-bond acceptors (Lipinski definition) is 3. The van der Waals surface area contributed by atoms with Gasteiger partial charge in [-0.05, 0) is 11.1 Å². The molecule has 2 rings (SSSR count). The summed E-state index contributed by atoms with van der Waals surface area (Å²) in [6.45, 7) is 0. The standard InChI is InChI=1S/C15H15N5/c16-15(19-17-11-13-7-3-1-4-8-13)20-18-12-14-9-5-2-6-10-14/h1-12H,(H3,16,19,20)/b17-11-,18-12+. The lowest BCUT2D eigenvalue weighted by atomic mass is 10.2. The van der Waals surface area contributed by atoms with Crippen molar-refractivity contribution in [2.24, 2.45) is 21.0 Å². The summed E-state index contributed by atoms with van der Waals surface area (Å²) in [5.41, 5.74) is 10.1. The number of nitrogens with one attached hydrogen (secondary N) is 1. The molecule has 100 valence electrons. The lowest BCUT2D eigenvalue weighted by Crippen LogP contribution is -2.26. The van der Waals surface area contributed by atoms with Gasteiger partial charge in [-0.15, -0.1) is 5.10 Å². The summed E-state index contributed by atoms with van der Waals surface area (Å²) < 4.78 is 0. The highest BCUT2D eigenvalue weighted by Gasteiger charge is 1.87. The van der Waals surface area contributed by atoms with E-state index in [9.17, 15) is 0 Å². The van der Waals surface area contributed by atoms with Crippen molar-refractivity contribution in [3.8, 4) is 0 Å². The van der Waals surface area contributed by atoms with Crippen molar-refractivity contribution in [1.82, 2.24) is 5.43 Å². The van der Waals surface area contributed by atoms with Crippen molar-refractivity contribution in [2.45, 2.75) is 0 Å². The Bertz CT molecular complexity index is 603. The summed E-state index contributed by atoms with van der Waals surface area (Å²) in [5, 5.41) is 11.6. The van der Waals surface area contributed by atoms with Gasteiger partial charge >= 0.3 is 0 Å². The average molecular weight is 265 g/mol. The first-order valence-corrected chi connectivity index (χ1v) is 6.10. The molecule has 20 heavy (non-hydrogen) atoms. The van der Waals surface area contributed by atoms with Gasteiger partial charge in [-0.3, -0.25) is 0 Å². The third-order valence-electron chi connectivity index (χ3n) is 2.36. The average Bonchev–Trinajstić information content (AvgIpc) is 2.49. The quantitative estimate of drug-likeness (QED) is 0.503. The van der Waals surface area contributed by atoms with Crippen LogP contribution in [0.25, 0.3) is 0 Å². The van der Waals surface area contributed by atoms with Gasteiger partial charge in [0.05, 0.1) is 12.4 Å². The van der Waals surface area contributed by atoms with E-state index in [1.165, 1.54) is 0 Å². The molecule has 0 aromatic heterocycles. The smallest absolute Gasteiger partial charge is 0.234 e. The number of benzene rings is 2. The van der Waals surface area contributed by atoms with Crippen molar-refractivity contribution < 1.29 is 0 Å². The molecule has 0 bridgehead atoms. The Morgan fingerprint density at radius 2 is 1.40 bits per heavy atom. The molecule has 0 saturated heterocycles. The van der Waals surface area contributed by atoms with Crippen LogP contribution in [-0.2, 0) is 0 Å². The maximum atomic E-state index is 5.61. The molecule has 0 aliphatic heterocycles. The maximum absolute atomic E-state index is 5.61. The molecule has 5 heteroatoms. The molecule has 0 spiro atoms. The monoisotopic (exact) mass is 265 g/mol. The number of guanidine groups is 1. The minimum Gasteiger partial charge on any atom is -0.367 e. The highest BCUT2D eigenvalue weighted by Crippen LogP contribution is 1.94. The Balaban J connectivity index is 1.86. The first-order chi connectivity index (χ1) is 9.84. The van der Waals surface area contributed by atoms with Gasteiger partial charge in [0.2, 0.25) is 5.96 Å². The van der Waals surface area contributed by atoms with Crippen LogP contribution >= 0.6 is 0 Å². The van der Waals surface area contributed by atoms with Gasteiger partial charge in [0.25, 0.3) is 0 Å². The molecule has 0 amide bonds. The molecule has 2 aromatic carbocycles. The second-order valence-corrected chi connectivity index (χ2v) is 3.92. The van der Waals surface area contributed by atoms with E-state index >= 15 is 0 Å². The highest BCUT2D eigenvalue weighted by molar-refractivity contribution is 5.84. The van der Waals surface area contributed by atoms with Crippen LogP contribution in [0.15, 0.2) is 76.0 Å². The molecule has 5 nitrogen and oxygen atoms in total. The van der Waals surface area contributed by atoms with Crippen LogP contribution in [0.2, 0.25) is 0 Å². The van der Waals surface area contributed by atoms with E-state index in [-0.39, 0.29) is 5.96 Å². The number of hydrazone groups is 1. The van der Waals surface area contributed by atoms with Crippen LogP contribution in [0.3, 0.4) is 0 Å². The molecule has 0 saturated carbocycles. The van der Waals surface area contributed by atoms with Gasteiger partial charge in [-0.1, -0.05) is 60.7 Å². The SMILES string of the molecule is N/C(=N/N=C/c1ccccc1)N/N=C\c1ccccc1. The van der Waals surface area contributed by atoms with E-state index in [1.807, 2.05) is 60.7 Å². The van der Waals surface area contributed by atoms with Gasteiger partial charge < -0.3 is 5.73 Å². The Morgan fingerprint density at radius 1 is 0.850 bits per heavy atom. The fourth-order valence-electron chi connectivity index (χ4n) is 1.43. The van der Waals surface area contributed by atoms with Gasteiger partial charge in [0, 0.05) is 0 Å². The molecule has 3 N–H and O–H groups in total. The molecule has 0 unspecified atom stereocenters. The van der Waals surface area contributed by atoms with Gasteiger partial charge in [-0.25, -0.2) is 5.43 Å². The summed E-state index contributed by atoms with van der Waals surface area (Å²) in [5.74, 6) is 0.129. The van der Waals surface area contributed by atoms with Crippen LogP contribution in [-0.4, -0.2) is 18.4 Å². The number of rotatable bonds is 4. The molecular weight excluding hydrogens is 250 g/mol. The first-order valence-electron chi connectivity index (χ1n) is 6.10. The van der Waals surface area contributed by atoms with E-state index in [1.54, 1.807) is 12.4 Å². The van der Waals surface area contributed by atoms with Crippen LogP contribution in [0.4, 0.5) is 0 Å². The van der Waals surface area contributed by atoms with Crippen molar-refractivity contribution in [3.63, 3.8) is 0 Å². The van der Waals surface area contributed by atoms with E-state index < -0.39 is 0 Å². The Labute approximate surface area is 117 Å². The van der Waals surface area contributed by atoms with E-state index in [0.29, 0.717) is 0 Å². The normalized spacial score (nSPS) is 12.1. The van der Waals surface area contributed by atoms with Crippen LogP contribution < -0.4 is 11.2 Å². The van der Waals surface area contributed by atoms with Crippen molar-refractivity contribution in [2.75, 3.05) is 0 Å². The van der Waals surface area contributed by atoms with Gasteiger partial charge in [-0.2, -0.15) is 10.2 Å². The van der Waals surface area contributed by atoms with Crippen molar-refractivity contribution in [3.05, 3.63) is 71.8 Å². The van der Waals surface area contributed by atoms with Gasteiger partial charge in [0.15, 0.2) is 0 Å². The Hall–Kier alpha value is -2.95. The highest BCUT2D eigenvalue weighted by atomic mass is 15.4. The zero-order chi connectivity index (χ0) is 14.0. The zero-order valence-electron chi connectivity index (χ0n) is 10.8. The lowest BCUT2D eigenvalue weighted by Gasteiger charge is -1.96. The second-order valence-electron chi connectivity index (χ2n) is 3.92. The van der Waals surface area contributed by atoms with E-state index in [2.05, 4.69) is 20.7 Å². The fraction of sp³-hybridized carbons (Fsp3) is 0. The summed E-state index contributed by atoms with van der Waals surface area (Å²) in [7, 11) is 0. The molecular formula is C15H15N5. The summed E-state index contributed by atoms with van der Waals surface area (Å²) in [6.07, 6.45) is 3.28. The van der Waals surface area contributed by atoms with Crippen molar-refractivity contribution >= 4 is 18.4 Å². The number of hydrogen-bond donors (Lipinski definition) is 2. The minimum absolute atomic E-state index is 0.129. The Morgan fingerprint density at radius 3 is 2.00 bits per heavy atom. The fourth-order valence-corrected chi connectivity index (χ4v) is 1.43. The third kappa shape index (κ3) is 4.73. The molecule has 0 aliphatic carbocycles. The summed E-state index contributed by atoms with van der Waals surface area (Å²) >= 11 is 0. The van der Waals surface area contributed by atoms with E-state index in [4.69, 9.17) is 5.73 Å². The van der Waals surface area contributed by atoms with E-state index in [0.717, 1.165) is 11.1 Å². The zero-order valence-corrected chi connectivity index (χ0v) is 10.8. The predicted molar refractivity (Wildman–Crippen MR) is 82.8 cm³/mol. The largest absolute Gasteiger partial charge is 0.367 e. The molecule has 0 aliphatic rings. The summed E-state index contributed by atoms with van der Waals surface area (Å²) in [6, 6.07) is 19.3. The topological polar surface area (TPSA) is 75.1 Å². The molecule has 0 atom stereocenters. The van der Waals surface area contributed by atoms with Crippen molar-refractivity contribution in [1.29, 1.82) is 0 Å². The van der Waals surface area contributed by atoms with Crippen LogP contribution in [0.5, 0.6) is 0 Å². The second kappa shape index (κ2) is 7.48. The van der Waals surface area contributed by atoms with Gasteiger partial charge in [0.1, 0.15) is 0 Å². The number of nitrogens with zero attached hydrogens (tertiary/aromatic N) is 3. The predicted octanol–water partition coefficient (Wildman–Crippen LogP) is 1.96. The van der Waals surface area contributed by atoms with Crippen LogP contribution in [0, 0.1) is 0 Å². The Kier molecular flexibility index (Phi) is 5.04.